The first-order valence-corrected chi connectivity index (χ1v) is 4.52. The van der Waals surface area contributed by atoms with Crippen molar-refractivity contribution < 1.29 is 14.7 Å². The lowest BCUT2D eigenvalue weighted by molar-refractivity contribution is -0.142. The summed E-state index contributed by atoms with van der Waals surface area (Å²) >= 11 is 0. The second-order valence-corrected chi connectivity index (χ2v) is 3.29. The number of nitrogens with zero attached hydrogens (tertiary/aromatic N) is 2. The van der Waals surface area contributed by atoms with Crippen molar-refractivity contribution in [1.29, 1.82) is 0 Å². The maximum Gasteiger partial charge on any atom is 0.344 e. The highest BCUT2D eigenvalue weighted by molar-refractivity contribution is 5.81. The van der Waals surface area contributed by atoms with Gasteiger partial charge >= 0.3 is 5.97 Å². The van der Waals surface area contributed by atoms with Crippen LogP contribution in [0.25, 0.3) is 0 Å². The van der Waals surface area contributed by atoms with Crippen molar-refractivity contribution in [2.45, 2.75) is 13.8 Å². The van der Waals surface area contributed by atoms with Gasteiger partial charge in [-0.2, -0.15) is 0 Å². The van der Waals surface area contributed by atoms with Crippen molar-refractivity contribution >= 4 is 12.2 Å². The van der Waals surface area contributed by atoms with Gasteiger partial charge in [-0.3, -0.25) is 0 Å². The second kappa shape index (κ2) is 4.63. The van der Waals surface area contributed by atoms with E-state index >= 15 is 0 Å². The van der Waals surface area contributed by atoms with E-state index in [-0.39, 0.29) is 0 Å². The number of hydrogen-bond acceptors (Lipinski definition) is 3. The zero-order valence-corrected chi connectivity index (χ0v) is 9.02. The molecule has 1 heterocycles. The Labute approximate surface area is 88.0 Å². The lowest BCUT2D eigenvalue weighted by Gasteiger charge is -1.98. The Hall–Kier alpha value is -1.78. The van der Waals surface area contributed by atoms with Crippen LogP contribution in [0.2, 0.25) is 0 Å². The summed E-state index contributed by atoms with van der Waals surface area (Å²) in [6.45, 7) is 3.54. The fraction of sp³-hybridized carbons (Fsp3) is 0.400. The van der Waals surface area contributed by atoms with Crippen LogP contribution in [0, 0.1) is 13.8 Å². The van der Waals surface area contributed by atoms with E-state index in [1.54, 1.807) is 0 Å². The quantitative estimate of drug-likeness (QED) is 0.597. The van der Waals surface area contributed by atoms with Gasteiger partial charge < -0.3 is 14.5 Å². The molecule has 0 aliphatic heterocycles. The van der Waals surface area contributed by atoms with Gasteiger partial charge in [0.15, 0.2) is 0 Å². The van der Waals surface area contributed by atoms with E-state index in [4.69, 9.17) is 5.11 Å². The van der Waals surface area contributed by atoms with Crippen molar-refractivity contribution in [1.82, 2.24) is 4.57 Å². The number of rotatable bonds is 4. The third-order valence-corrected chi connectivity index (χ3v) is 2.27. The molecule has 1 aromatic heterocycles. The fourth-order valence-corrected chi connectivity index (χ4v) is 1.20. The molecule has 0 aliphatic rings. The van der Waals surface area contributed by atoms with Gasteiger partial charge in [-0.15, -0.1) is 0 Å². The Bertz CT molecular complexity index is 394. The third kappa shape index (κ3) is 2.83. The average molecular weight is 210 g/mol. The molecule has 0 spiro atoms. The number of carboxylic acids is 1. The van der Waals surface area contributed by atoms with E-state index in [9.17, 15) is 4.79 Å². The molecule has 15 heavy (non-hydrogen) atoms. The second-order valence-electron chi connectivity index (χ2n) is 3.29. The van der Waals surface area contributed by atoms with Crippen LogP contribution in [-0.2, 0) is 16.7 Å². The molecule has 0 fully saturated rings. The molecular weight excluding hydrogens is 196 g/mol. The van der Waals surface area contributed by atoms with Crippen LogP contribution >= 0.6 is 0 Å². The van der Waals surface area contributed by atoms with E-state index in [0.29, 0.717) is 0 Å². The topological polar surface area (TPSA) is 63.8 Å². The lowest BCUT2D eigenvalue weighted by Crippen LogP contribution is -2.03. The predicted octanol–water partition coefficient (Wildman–Crippen LogP) is 1.08. The van der Waals surface area contributed by atoms with Gasteiger partial charge in [0, 0.05) is 24.0 Å². The molecule has 0 amide bonds. The molecule has 0 atom stereocenters. The summed E-state index contributed by atoms with van der Waals surface area (Å²) in [6, 6.07) is 1.96. The van der Waals surface area contributed by atoms with Crippen LogP contribution in [-0.4, -0.2) is 28.5 Å². The van der Waals surface area contributed by atoms with Crippen molar-refractivity contribution in [3.05, 3.63) is 23.0 Å². The van der Waals surface area contributed by atoms with Gasteiger partial charge in [0.05, 0.1) is 6.21 Å². The maximum atomic E-state index is 10.1. The Morgan fingerprint density at radius 3 is 2.80 bits per heavy atom. The van der Waals surface area contributed by atoms with Crippen molar-refractivity contribution in [2.75, 3.05) is 6.61 Å². The van der Waals surface area contributed by atoms with E-state index < -0.39 is 12.6 Å². The average Bonchev–Trinajstić information content (AvgIpc) is 2.41. The molecule has 1 aromatic rings. The minimum absolute atomic E-state index is 0.415. The Morgan fingerprint density at radius 1 is 1.67 bits per heavy atom. The maximum absolute atomic E-state index is 10.1. The summed E-state index contributed by atoms with van der Waals surface area (Å²) in [6.07, 6.45) is 1.52. The SMILES string of the molecule is Cc1cc(/C=N/OCC(=O)O)c(C)n1C. The number of aryl methyl sites for hydroxylation is 1. The van der Waals surface area contributed by atoms with Gasteiger partial charge in [0.1, 0.15) is 0 Å². The van der Waals surface area contributed by atoms with Crippen molar-refractivity contribution in [3.8, 4) is 0 Å². The number of oxime groups is 1. The standard InChI is InChI=1S/C10H14N2O3/c1-7-4-9(8(2)12(7)3)5-11-15-6-10(13)14/h4-5H,6H2,1-3H3,(H,13,14)/b11-5+. The molecule has 0 unspecified atom stereocenters. The van der Waals surface area contributed by atoms with Gasteiger partial charge in [0.2, 0.25) is 6.61 Å². The highest BCUT2D eigenvalue weighted by Gasteiger charge is 2.03. The molecule has 0 saturated heterocycles. The normalized spacial score (nSPS) is 10.9. The fourth-order valence-electron chi connectivity index (χ4n) is 1.20. The first-order chi connectivity index (χ1) is 7.02. The summed E-state index contributed by atoms with van der Waals surface area (Å²) in [5, 5.41) is 11.9. The van der Waals surface area contributed by atoms with Crippen LogP contribution in [0.1, 0.15) is 17.0 Å². The highest BCUT2D eigenvalue weighted by Crippen LogP contribution is 2.10. The molecule has 1 rings (SSSR count). The van der Waals surface area contributed by atoms with Crippen LogP contribution < -0.4 is 0 Å². The van der Waals surface area contributed by atoms with Gasteiger partial charge in [0.25, 0.3) is 0 Å². The molecule has 0 bridgehead atoms. The highest BCUT2D eigenvalue weighted by atomic mass is 16.6. The van der Waals surface area contributed by atoms with Crippen molar-refractivity contribution in [2.24, 2.45) is 12.2 Å². The van der Waals surface area contributed by atoms with Gasteiger partial charge in [-0.1, -0.05) is 5.16 Å². The molecular formula is C10H14N2O3. The van der Waals surface area contributed by atoms with Crippen LogP contribution in [0.15, 0.2) is 11.2 Å². The van der Waals surface area contributed by atoms with Gasteiger partial charge in [-0.05, 0) is 19.9 Å². The molecule has 0 saturated carbocycles. The van der Waals surface area contributed by atoms with E-state index in [1.807, 2.05) is 31.5 Å². The first-order valence-electron chi connectivity index (χ1n) is 4.52. The van der Waals surface area contributed by atoms with E-state index in [2.05, 4.69) is 9.99 Å². The predicted molar refractivity (Wildman–Crippen MR) is 56.1 cm³/mol. The Morgan fingerprint density at radius 2 is 2.33 bits per heavy atom. The zero-order chi connectivity index (χ0) is 11.4. The third-order valence-electron chi connectivity index (χ3n) is 2.27. The Balaban J connectivity index is 2.64. The molecule has 5 nitrogen and oxygen atoms in total. The number of hydrogen-bond donors (Lipinski definition) is 1. The first kappa shape index (κ1) is 11.3. The summed E-state index contributed by atoms with van der Waals surface area (Å²) < 4.78 is 2.03. The lowest BCUT2D eigenvalue weighted by atomic mass is 10.3. The molecule has 0 radical (unpaired) electrons. The smallest absolute Gasteiger partial charge is 0.344 e. The van der Waals surface area contributed by atoms with E-state index in [1.165, 1.54) is 6.21 Å². The Kier molecular flexibility index (Phi) is 3.49. The van der Waals surface area contributed by atoms with Crippen molar-refractivity contribution in [3.63, 3.8) is 0 Å². The molecule has 0 aromatic carbocycles. The van der Waals surface area contributed by atoms with Crippen LogP contribution in [0.3, 0.4) is 0 Å². The van der Waals surface area contributed by atoms with Gasteiger partial charge in [-0.25, -0.2) is 4.79 Å². The van der Waals surface area contributed by atoms with Crippen LogP contribution in [0.5, 0.6) is 0 Å². The molecule has 5 heteroatoms. The van der Waals surface area contributed by atoms with E-state index in [0.717, 1.165) is 17.0 Å². The molecule has 82 valence electrons. The minimum atomic E-state index is -1.03. The number of carboxylic acid groups (broad SMARTS) is 1. The largest absolute Gasteiger partial charge is 0.479 e. The monoisotopic (exact) mass is 210 g/mol. The summed E-state index contributed by atoms with van der Waals surface area (Å²) in [4.78, 5) is 14.7. The summed E-state index contributed by atoms with van der Waals surface area (Å²) in [7, 11) is 1.96. The summed E-state index contributed by atoms with van der Waals surface area (Å²) in [5.41, 5.74) is 3.11. The summed E-state index contributed by atoms with van der Waals surface area (Å²) in [5.74, 6) is -1.03. The number of carbonyl (C=O) groups is 1. The number of aliphatic carboxylic acids is 1. The zero-order valence-electron chi connectivity index (χ0n) is 9.02. The number of aromatic nitrogens is 1. The van der Waals surface area contributed by atoms with Crippen LogP contribution in [0.4, 0.5) is 0 Å². The minimum Gasteiger partial charge on any atom is -0.479 e. The molecule has 0 aliphatic carbocycles. The molecule has 1 N–H and O–H groups in total.